The maximum atomic E-state index is 10.6. The van der Waals surface area contributed by atoms with Gasteiger partial charge in [-0.25, -0.2) is 9.78 Å². The first kappa shape index (κ1) is 10.5. The third-order valence-corrected chi connectivity index (χ3v) is 1.64. The molecule has 1 atom stereocenters. The Morgan fingerprint density at radius 3 is 3.21 bits per heavy atom. The van der Waals surface area contributed by atoms with Crippen molar-refractivity contribution in [3.05, 3.63) is 30.9 Å². The maximum Gasteiger partial charge on any atom is 0.330 e. The Bertz CT molecular complexity index is 295. The molecule has 1 aromatic rings. The van der Waals surface area contributed by atoms with Gasteiger partial charge in [-0.15, -0.1) is 0 Å². The van der Waals surface area contributed by atoms with Crippen molar-refractivity contribution in [2.24, 2.45) is 0 Å². The molecule has 5 heteroatoms. The Hall–Kier alpha value is -1.62. The molecule has 1 heterocycles. The molecule has 1 unspecified atom stereocenters. The quantitative estimate of drug-likeness (QED) is 0.533. The fourth-order valence-corrected chi connectivity index (χ4v) is 0.927. The van der Waals surface area contributed by atoms with Crippen LogP contribution < -0.4 is 0 Å². The predicted molar refractivity (Wildman–Crippen MR) is 49.3 cm³/mol. The first-order valence-corrected chi connectivity index (χ1v) is 4.20. The van der Waals surface area contributed by atoms with Crippen LogP contribution in [0.2, 0.25) is 0 Å². The number of aromatic nitrogens is 2. The van der Waals surface area contributed by atoms with E-state index < -0.39 is 12.1 Å². The van der Waals surface area contributed by atoms with E-state index >= 15 is 0 Å². The van der Waals surface area contributed by atoms with Crippen LogP contribution in [0.15, 0.2) is 25.0 Å². The average molecular weight is 196 g/mol. The summed E-state index contributed by atoms with van der Waals surface area (Å²) in [5.41, 5.74) is 0. The van der Waals surface area contributed by atoms with Crippen molar-refractivity contribution >= 4 is 5.97 Å². The number of ether oxygens (including phenoxy) is 1. The Kier molecular flexibility index (Phi) is 3.87. The molecule has 0 aliphatic heterocycles. The number of imidazole rings is 1. The second kappa shape index (κ2) is 5.18. The van der Waals surface area contributed by atoms with Gasteiger partial charge in [0.2, 0.25) is 0 Å². The van der Waals surface area contributed by atoms with Crippen LogP contribution in [-0.2, 0) is 9.53 Å². The lowest BCUT2D eigenvalue weighted by atomic mass is 10.2. The summed E-state index contributed by atoms with van der Waals surface area (Å²) in [7, 11) is 0. The number of rotatable bonds is 5. The summed E-state index contributed by atoms with van der Waals surface area (Å²) in [6.45, 7) is 3.40. The molecule has 0 fully saturated rings. The highest BCUT2D eigenvalue weighted by Gasteiger charge is 2.09. The maximum absolute atomic E-state index is 10.6. The van der Waals surface area contributed by atoms with E-state index in [9.17, 15) is 9.90 Å². The van der Waals surface area contributed by atoms with E-state index in [2.05, 4.69) is 16.5 Å². The van der Waals surface area contributed by atoms with Gasteiger partial charge in [0, 0.05) is 24.9 Å². The number of carbonyl (C=O) groups excluding carboxylic acids is 1. The smallest absolute Gasteiger partial charge is 0.330 e. The third-order valence-electron chi connectivity index (χ3n) is 1.64. The molecule has 1 rings (SSSR count). The van der Waals surface area contributed by atoms with Crippen LogP contribution in [-0.4, -0.2) is 27.7 Å². The number of nitrogens with one attached hydrogen (secondary N) is 1. The van der Waals surface area contributed by atoms with Gasteiger partial charge in [-0.3, -0.25) is 0 Å². The number of carbonyl (C=O) groups is 1. The lowest BCUT2D eigenvalue weighted by Crippen LogP contribution is -2.07. The molecule has 0 aliphatic carbocycles. The Labute approximate surface area is 81.4 Å². The first-order valence-electron chi connectivity index (χ1n) is 4.20. The topological polar surface area (TPSA) is 75.2 Å². The second-order valence-corrected chi connectivity index (χ2v) is 2.65. The molecule has 5 nitrogen and oxygen atoms in total. The zero-order chi connectivity index (χ0) is 10.4. The number of H-pyrrole nitrogens is 1. The minimum atomic E-state index is -0.734. The normalized spacial score (nSPS) is 12.1. The van der Waals surface area contributed by atoms with Crippen molar-refractivity contribution in [1.29, 1.82) is 0 Å². The van der Waals surface area contributed by atoms with Crippen LogP contribution >= 0.6 is 0 Å². The van der Waals surface area contributed by atoms with Gasteiger partial charge in [0.15, 0.2) is 0 Å². The fraction of sp³-hybridized carbons (Fsp3) is 0.333. The highest BCUT2D eigenvalue weighted by molar-refractivity contribution is 5.81. The molecule has 0 spiro atoms. The van der Waals surface area contributed by atoms with Gasteiger partial charge in [0.25, 0.3) is 0 Å². The molecule has 0 aromatic carbocycles. The van der Waals surface area contributed by atoms with E-state index in [0.717, 1.165) is 6.08 Å². The minimum absolute atomic E-state index is 0.146. The number of hydrogen-bond acceptors (Lipinski definition) is 4. The SMILES string of the molecule is C=CC(=O)OCCC(O)c1ncc[nH]1. The van der Waals surface area contributed by atoms with Crippen LogP contribution in [0.1, 0.15) is 18.3 Å². The van der Waals surface area contributed by atoms with Crippen molar-refractivity contribution < 1.29 is 14.6 Å². The summed E-state index contributed by atoms with van der Waals surface area (Å²) in [5, 5.41) is 9.48. The van der Waals surface area contributed by atoms with Crippen molar-refractivity contribution in [2.45, 2.75) is 12.5 Å². The van der Waals surface area contributed by atoms with Crippen molar-refractivity contribution in [1.82, 2.24) is 9.97 Å². The Morgan fingerprint density at radius 1 is 1.86 bits per heavy atom. The van der Waals surface area contributed by atoms with Gasteiger partial charge in [0.1, 0.15) is 11.9 Å². The van der Waals surface area contributed by atoms with Crippen molar-refractivity contribution in [3.8, 4) is 0 Å². The summed E-state index contributed by atoms with van der Waals surface area (Å²) in [4.78, 5) is 17.3. The molecule has 76 valence electrons. The van der Waals surface area contributed by atoms with Crippen molar-refractivity contribution in [3.63, 3.8) is 0 Å². The Balaban J connectivity index is 2.25. The summed E-state index contributed by atoms with van der Waals surface area (Å²) < 4.78 is 4.70. The zero-order valence-corrected chi connectivity index (χ0v) is 7.64. The van der Waals surface area contributed by atoms with E-state index in [1.807, 2.05) is 0 Å². The van der Waals surface area contributed by atoms with Crippen LogP contribution in [0.3, 0.4) is 0 Å². The minimum Gasteiger partial charge on any atom is -0.462 e. The lowest BCUT2D eigenvalue weighted by Gasteiger charge is -2.06. The number of aromatic amines is 1. The number of aliphatic hydroxyl groups is 1. The van der Waals surface area contributed by atoms with Crippen LogP contribution in [0.4, 0.5) is 0 Å². The molecule has 0 amide bonds. The van der Waals surface area contributed by atoms with E-state index in [1.54, 1.807) is 12.4 Å². The molecule has 0 aliphatic rings. The van der Waals surface area contributed by atoms with Gasteiger partial charge < -0.3 is 14.8 Å². The number of esters is 1. The molecule has 0 saturated carbocycles. The molecule has 1 aromatic heterocycles. The predicted octanol–water partition coefficient (Wildman–Crippen LogP) is 0.562. The average Bonchev–Trinajstić information content (AvgIpc) is 2.70. The molecule has 0 bridgehead atoms. The third kappa shape index (κ3) is 3.02. The largest absolute Gasteiger partial charge is 0.462 e. The van der Waals surface area contributed by atoms with Crippen LogP contribution in [0, 0.1) is 0 Å². The van der Waals surface area contributed by atoms with Crippen LogP contribution in [0.5, 0.6) is 0 Å². The van der Waals surface area contributed by atoms with Gasteiger partial charge in [-0.1, -0.05) is 6.58 Å². The number of nitrogens with zero attached hydrogens (tertiary/aromatic N) is 1. The van der Waals surface area contributed by atoms with E-state index in [1.165, 1.54) is 0 Å². The van der Waals surface area contributed by atoms with Gasteiger partial charge in [-0.2, -0.15) is 0 Å². The standard InChI is InChI=1S/C9H12N2O3/c1-2-8(13)14-6-3-7(12)9-10-4-5-11-9/h2,4-5,7,12H,1,3,6H2,(H,10,11). The van der Waals surface area contributed by atoms with E-state index in [0.29, 0.717) is 12.2 Å². The molecule has 14 heavy (non-hydrogen) atoms. The van der Waals surface area contributed by atoms with Crippen LogP contribution in [0.25, 0.3) is 0 Å². The zero-order valence-electron chi connectivity index (χ0n) is 7.64. The molecule has 0 radical (unpaired) electrons. The molecule has 2 N–H and O–H groups in total. The highest BCUT2D eigenvalue weighted by Crippen LogP contribution is 2.10. The lowest BCUT2D eigenvalue weighted by molar-refractivity contribution is -0.138. The monoisotopic (exact) mass is 196 g/mol. The first-order chi connectivity index (χ1) is 6.74. The van der Waals surface area contributed by atoms with Gasteiger partial charge >= 0.3 is 5.97 Å². The summed E-state index contributed by atoms with van der Waals surface area (Å²) in [6.07, 6.45) is 3.83. The van der Waals surface area contributed by atoms with E-state index in [-0.39, 0.29) is 6.61 Å². The number of hydrogen-bond donors (Lipinski definition) is 2. The molecular formula is C9H12N2O3. The summed E-state index contributed by atoms with van der Waals surface area (Å²) in [5.74, 6) is -0.0173. The fourth-order valence-electron chi connectivity index (χ4n) is 0.927. The Morgan fingerprint density at radius 2 is 2.64 bits per heavy atom. The summed E-state index contributed by atoms with van der Waals surface area (Å²) in [6, 6.07) is 0. The van der Waals surface area contributed by atoms with Crippen molar-refractivity contribution in [2.75, 3.05) is 6.61 Å². The van der Waals surface area contributed by atoms with Gasteiger partial charge in [0.05, 0.1) is 6.61 Å². The number of aliphatic hydroxyl groups excluding tert-OH is 1. The second-order valence-electron chi connectivity index (χ2n) is 2.65. The highest BCUT2D eigenvalue weighted by atomic mass is 16.5. The molecular weight excluding hydrogens is 184 g/mol. The molecule has 0 saturated heterocycles. The van der Waals surface area contributed by atoms with E-state index in [4.69, 9.17) is 4.74 Å². The van der Waals surface area contributed by atoms with Gasteiger partial charge in [-0.05, 0) is 0 Å². The summed E-state index contributed by atoms with van der Waals surface area (Å²) >= 11 is 0.